The topological polar surface area (TPSA) is 103 Å². The highest BCUT2D eigenvalue weighted by Gasteiger charge is 2.20. The van der Waals surface area contributed by atoms with Gasteiger partial charge >= 0.3 is 5.97 Å². The first-order valence-corrected chi connectivity index (χ1v) is 12.3. The summed E-state index contributed by atoms with van der Waals surface area (Å²) in [5.74, 6) is -0.494. The fraction of sp³-hybridized carbons (Fsp3) is 0.346. The molecule has 8 nitrogen and oxygen atoms in total. The van der Waals surface area contributed by atoms with Gasteiger partial charge in [-0.05, 0) is 43.5 Å². The fourth-order valence-electron chi connectivity index (χ4n) is 3.57. The lowest BCUT2D eigenvalue weighted by atomic mass is 10.0. The number of carboxylic acids is 1. The molecule has 192 valence electrons. The lowest BCUT2D eigenvalue weighted by Crippen LogP contribution is -2.23. The SMILES string of the molecule is CCc1cccc(CC(=O)O)c1OCCn1cc(C(=O)NCc2ccc(Cl)cc2Cl)c(OC(C)C)n1. The first-order chi connectivity index (χ1) is 17.2. The van der Waals surface area contributed by atoms with Crippen molar-refractivity contribution in [3.8, 4) is 11.6 Å². The van der Waals surface area contributed by atoms with Gasteiger partial charge < -0.3 is 19.9 Å². The van der Waals surface area contributed by atoms with Gasteiger partial charge in [0.1, 0.15) is 17.9 Å². The zero-order valence-electron chi connectivity index (χ0n) is 20.4. The van der Waals surface area contributed by atoms with Crippen LogP contribution in [0.15, 0.2) is 42.6 Å². The number of rotatable bonds is 12. The Kier molecular flexibility index (Phi) is 9.61. The summed E-state index contributed by atoms with van der Waals surface area (Å²) >= 11 is 12.1. The Morgan fingerprint density at radius 3 is 2.56 bits per heavy atom. The summed E-state index contributed by atoms with van der Waals surface area (Å²) in [4.78, 5) is 24.2. The van der Waals surface area contributed by atoms with Crippen LogP contribution in [0.5, 0.6) is 11.6 Å². The number of aliphatic carboxylic acids is 1. The summed E-state index contributed by atoms with van der Waals surface area (Å²) in [6.07, 6.45) is 2.00. The van der Waals surface area contributed by atoms with E-state index in [1.807, 2.05) is 32.9 Å². The van der Waals surface area contributed by atoms with Crippen molar-refractivity contribution < 1.29 is 24.2 Å². The monoisotopic (exact) mass is 533 g/mol. The summed E-state index contributed by atoms with van der Waals surface area (Å²) in [6.45, 7) is 6.46. The van der Waals surface area contributed by atoms with Crippen LogP contribution in [0, 0.1) is 0 Å². The third-order valence-electron chi connectivity index (χ3n) is 5.24. The van der Waals surface area contributed by atoms with Crippen LogP contribution in [0.4, 0.5) is 0 Å². The number of carbonyl (C=O) groups excluding carboxylic acids is 1. The Bertz CT molecular complexity index is 1230. The number of hydrogen-bond acceptors (Lipinski definition) is 5. The van der Waals surface area contributed by atoms with Gasteiger partial charge in [0.05, 0.1) is 19.1 Å². The summed E-state index contributed by atoms with van der Waals surface area (Å²) in [5, 5.41) is 17.5. The molecule has 1 amide bonds. The van der Waals surface area contributed by atoms with Gasteiger partial charge in [0.15, 0.2) is 0 Å². The number of aryl methyl sites for hydroxylation is 1. The fourth-order valence-corrected chi connectivity index (χ4v) is 4.04. The van der Waals surface area contributed by atoms with Crippen molar-refractivity contribution in [3.05, 3.63) is 74.9 Å². The van der Waals surface area contributed by atoms with Gasteiger partial charge in [0.2, 0.25) is 5.88 Å². The molecule has 0 radical (unpaired) electrons. The smallest absolute Gasteiger partial charge is 0.307 e. The van der Waals surface area contributed by atoms with Crippen LogP contribution in [0.25, 0.3) is 0 Å². The maximum Gasteiger partial charge on any atom is 0.307 e. The molecule has 0 spiro atoms. The average molecular weight is 534 g/mol. The standard InChI is InChI=1S/C26H29Cl2N3O5/c1-4-17-6-5-7-18(12-23(32)33)24(17)35-11-10-31-15-21(26(30-31)36-16(2)3)25(34)29-14-19-8-9-20(27)13-22(19)28/h5-9,13,15-16H,4,10-12,14H2,1-3H3,(H,29,34)(H,32,33). The number of carbonyl (C=O) groups is 2. The van der Waals surface area contributed by atoms with Gasteiger partial charge in [-0.1, -0.05) is 54.4 Å². The first kappa shape index (κ1) is 27.4. The predicted molar refractivity (Wildman–Crippen MR) is 138 cm³/mol. The first-order valence-electron chi connectivity index (χ1n) is 11.6. The molecule has 0 bridgehead atoms. The average Bonchev–Trinajstić information content (AvgIpc) is 3.20. The van der Waals surface area contributed by atoms with E-state index in [4.69, 9.17) is 32.7 Å². The number of nitrogens with zero attached hydrogens (tertiary/aromatic N) is 2. The minimum atomic E-state index is -0.925. The number of benzene rings is 2. The molecule has 36 heavy (non-hydrogen) atoms. The second-order valence-electron chi connectivity index (χ2n) is 8.37. The van der Waals surface area contributed by atoms with Crippen LogP contribution >= 0.6 is 23.2 Å². The molecule has 10 heteroatoms. The van der Waals surface area contributed by atoms with Crippen molar-refractivity contribution >= 4 is 35.1 Å². The molecular weight excluding hydrogens is 505 g/mol. The molecular formula is C26H29Cl2N3O5. The van der Waals surface area contributed by atoms with Crippen LogP contribution in [0.3, 0.4) is 0 Å². The molecule has 0 atom stereocenters. The highest BCUT2D eigenvalue weighted by atomic mass is 35.5. The molecule has 0 aliphatic heterocycles. The van der Waals surface area contributed by atoms with E-state index in [2.05, 4.69) is 10.4 Å². The van der Waals surface area contributed by atoms with Crippen molar-refractivity contribution in [1.29, 1.82) is 0 Å². The van der Waals surface area contributed by atoms with E-state index in [1.54, 1.807) is 35.1 Å². The number of halogens is 2. The quantitative estimate of drug-likeness (QED) is 0.332. The third kappa shape index (κ3) is 7.38. The van der Waals surface area contributed by atoms with E-state index in [1.165, 1.54) is 0 Å². The Morgan fingerprint density at radius 2 is 1.89 bits per heavy atom. The van der Waals surface area contributed by atoms with Crippen molar-refractivity contribution in [1.82, 2.24) is 15.1 Å². The van der Waals surface area contributed by atoms with Crippen LogP contribution in [0.2, 0.25) is 10.0 Å². The largest absolute Gasteiger partial charge is 0.491 e. The van der Waals surface area contributed by atoms with Crippen molar-refractivity contribution in [2.24, 2.45) is 0 Å². The molecule has 2 N–H and O–H groups in total. The molecule has 2 aromatic carbocycles. The van der Waals surface area contributed by atoms with E-state index in [9.17, 15) is 14.7 Å². The van der Waals surface area contributed by atoms with E-state index < -0.39 is 5.97 Å². The van der Waals surface area contributed by atoms with Gasteiger partial charge in [0.25, 0.3) is 5.91 Å². The number of amides is 1. The van der Waals surface area contributed by atoms with E-state index in [-0.39, 0.29) is 43.0 Å². The number of nitrogens with one attached hydrogen (secondary N) is 1. The number of hydrogen-bond donors (Lipinski definition) is 2. The molecule has 0 unspecified atom stereocenters. The van der Waals surface area contributed by atoms with Gasteiger partial charge in [-0.3, -0.25) is 14.3 Å². The summed E-state index contributed by atoms with van der Waals surface area (Å²) in [7, 11) is 0. The molecule has 1 heterocycles. The van der Waals surface area contributed by atoms with Crippen molar-refractivity contribution in [2.75, 3.05) is 6.61 Å². The maximum absolute atomic E-state index is 12.9. The van der Waals surface area contributed by atoms with Crippen LogP contribution in [-0.4, -0.2) is 39.5 Å². The molecule has 0 aliphatic carbocycles. The Morgan fingerprint density at radius 1 is 1.14 bits per heavy atom. The van der Waals surface area contributed by atoms with Crippen LogP contribution < -0.4 is 14.8 Å². The second-order valence-corrected chi connectivity index (χ2v) is 9.22. The summed E-state index contributed by atoms with van der Waals surface area (Å²) in [6, 6.07) is 10.6. The molecule has 3 aromatic rings. The number of para-hydroxylation sites is 1. The number of carboxylic acid groups (broad SMARTS) is 1. The van der Waals surface area contributed by atoms with E-state index in [0.717, 1.165) is 11.1 Å². The molecule has 1 aromatic heterocycles. The Labute approximate surface area is 220 Å². The molecule has 0 fully saturated rings. The minimum absolute atomic E-state index is 0.126. The molecule has 0 aliphatic rings. The van der Waals surface area contributed by atoms with Gasteiger partial charge in [0, 0.05) is 28.4 Å². The molecule has 0 saturated heterocycles. The lowest BCUT2D eigenvalue weighted by Gasteiger charge is -2.14. The summed E-state index contributed by atoms with van der Waals surface area (Å²) in [5.41, 5.74) is 2.56. The zero-order chi connectivity index (χ0) is 26.2. The van der Waals surface area contributed by atoms with Crippen molar-refractivity contribution in [3.63, 3.8) is 0 Å². The van der Waals surface area contributed by atoms with E-state index >= 15 is 0 Å². The second kappa shape index (κ2) is 12.6. The van der Waals surface area contributed by atoms with Gasteiger partial charge in [-0.15, -0.1) is 5.10 Å². The van der Waals surface area contributed by atoms with E-state index in [0.29, 0.717) is 34.3 Å². The van der Waals surface area contributed by atoms with Crippen LogP contribution in [-0.2, 0) is 30.7 Å². The highest BCUT2D eigenvalue weighted by molar-refractivity contribution is 6.35. The normalized spacial score (nSPS) is 10.9. The number of ether oxygens (including phenoxy) is 2. The third-order valence-corrected chi connectivity index (χ3v) is 5.83. The van der Waals surface area contributed by atoms with Crippen LogP contribution in [0.1, 0.15) is 47.8 Å². The van der Waals surface area contributed by atoms with Crippen molar-refractivity contribution in [2.45, 2.75) is 52.8 Å². The lowest BCUT2D eigenvalue weighted by molar-refractivity contribution is -0.136. The Balaban J connectivity index is 1.71. The van der Waals surface area contributed by atoms with Gasteiger partial charge in [-0.25, -0.2) is 0 Å². The number of aromatic nitrogens is 2. The molecule has 3 rings (SSSR count). The van der Waals surface area contributed by atoms with Gasteiger partial charge in [-0.2, -0.15) is 0 Å². The minimum Gasteiger partial charge on any atom is -0.491 e. The zero-order valence-corrected chi connectivity index (χ0v) is 21.9. The highest BCUT2D eigenvalue weighted by Crippen LogP contribution is 2.26. The Hall–Kier alpha value is -3.23. The summed E-state index contributed by atoms with van der Waals surface area (Å²) < 4.78 is 13.3. The predicted octanol–water partition coefficient (Wildman–Crippen LogP) is 5.18. The maximum atomic E-state index is 12.9. The molecule has 0 saturated carbocycles.